The zero-order valence-electron chi connectivity index (χ0n) is 16.9. The Balaban J connectivity index is 1.75. The van der Waals surface area contributed by atoms with Gasteiger partial charge in [0.1, 0.15) is 5.65 Å². The summed E-state index contributed by atoms with van der Waals surface area (Å²) in [4.78, 5) is 28.7. The van der Waals surface area contributed by atoms with E-state index in [0.29, 0.717) is 11.6 Å². The molecule has 6 heteroatoms. The van der Waals surface area contributed by atoms with Gasteiger partial charge < -0.3 is 0 Å². The molecule has 150 valence electrons. The van der Waals surface area contributed by atoms with Crippen LogP contribution in [0.15, 0.2) is 71.9 Å². The highest BCUT2D eigenvalue weighted by Crippen LogP contribution is 2.34. The van der Waals surface area contributed by atoms with Gasteiger partial charge in [-0.1, -0.05) is 31.0 Å². The molecule has 0 saturated heterocycles. The van der Waals surface area contributed by atoms with Crippen LogP contribution in [0, 0.1) is 6.92 Å². The number of hydrogen-bond donors (Lipinski definition) is 0. The molecule has 1 aliphatic carbocycles. The van der Waals surface area contributed by atoms with Crippen molar-refractivity contribution in [3.63, 3.8) is 0 Å². The summed E-state index contributed by atoms with van der Waals surface area (Å²) in [7, 11) is 0. The number of benzene rings is 1. The molecule has 30 heavy (non-hydrogen) atoms. The first-order valence-corrected chi connectivity index (χ1v) is 10.4. The van der Waals surface area contributed by atoms with Crippen LogP contribution in [0.25, 0.3) is 11.0 Å². The second kappa shape index (κ2) is 7.71. The number of rotatable bonds is 4. The summed E-state index contributed by atoms with van der Waals surface area (Å²) in [6.07, 6.45) is 9.69. The maximum Gasteiger partial charge on any atom is 0.252 e. The molecular formula is C24H23N5O. The lowest BCUT2D eigenvalue weighted by Gasteiger charge is -2.24. The third-order valence-corrected chi connectivity index (χ3v) is 5.81. The molecule has 6 nitrogen and oxygen atoms in total. The number of anilines is 3. The molecular weight excluding hydrogens is 374 g/mol. The SMILES string of the molecule is Cc1cc(=O)n(C2CCCC2)c2nc(N(c3ccccc3)c3ccncc3)ncc12. The van der Waals surface area contributed by atoms with E-state index in [9.17, 15) is 4.79 Å². The van der Waals surface area contributed by atoms with E-state index in [4.69, 9.17) is 9.97 Å². The monoisotopic (exact) mass is 397 g/mol. The quantitative estimate of drug-likeness (QED) is 0.480. The molecule has 3 aromatic heterocycles. The van der Waals surface area contributed by atoms with E-state index in [1.165, 1.54) is 0 Å². The van der Waals surface area contributed by atoms with Crippen molar-refractivity contribution in [3.8, 4) is 0 Å². The van der Waals surface area contributed by atoms with Gasteiger partial charge in [-0.15, -0.1) is 0 Å². The minimum atomic E-state index is 0.0201. The van der Waals surface area contributed by atoms with Crippen molar-refractivity contribution in [1.82, 2.24) is 19.5 Å². The minimum absolute atomic E-state index is 0.0201. The van der Waals surface area contributed by atoms with Crippen LogP contribution >= 0.6 is 0 Å². The van der Waals surface area contributed by atoms with Gasteiger partial charge in [0, 0.05) is 41.8 Å². The van der Waals surface area contributed by atoms with Crippen LogP contribution in [-0.2, 0) is 0 Å². The van der Waals surface area contributed by atoms with Gasteiger partial charge >= 0.3 is 0 Å². The van der Waals surface area contributed by atoms with Crippen molar-refractivity contribution in [2.45, 2.75) is 38.6 Å². The van der Waals surface area contributed by atoms with Crippen LogP contribution in [-0.4, -0.2) is 19.5 Å². The van der Waals surface area contributed by atoms with E-state index >= 15 is 0 Å². The molecule has 4 aromatic rings. The predicted octanol–water partition coefficient (Wildman–Crippen LogP) is 5.08. The summed E-state index contributed by atoms with van der Waals surface area (Å²) in [6, 6.07) is 15.8. The molecule has 5 rings (SSSR count). The summed E-state index contributed by atoms with van der Waals surface area (Å²) in [5, 5.41) is 0.924. The lowest BCUT2D eigenvalue weighted by atomic mass is 10.1. The zero-order valence-corrected chi connectivity index (χ0v) is 16.9. The average molecular weight is 397 g/mol. The molecule has 0 unspecified atom stereocenters. The van der Waals surface area contributed by atoms with E-state index in [0.717, 1.165) is 48.0 Å². The van der Waals surface area contributed by atoms with Gasteiger partial charge in [0.2, 0.25) is 5.95 Å². The van der Waals surface area contributed by atoms with Crippen LogP contribution in [0.2, 0.25) is 0 Å². The van der Waals surface area contributed by atoms with Gasteiger partial charge in [-0.2, -0.15) is 4.98 Å². The Hall–Kier alpha value is -3.54. The summed E-state index contributed by atoms with van der Waals surface area (Å²) < 4.78 is 1.89. The molecule has 3 heterocycles. The van der Waals surface area contributed by atoms with Crippen molar-refractivity contribution >= 4 is 28.4 Å². The fraction of sp³-hybridized carbons (Fsp3) is 0.250. The molecule has 1 fully saturated rings. The minimum Gasteiger partial charge on any atom is -0.289 e. The molecule has 1 aromatic carbocycles. The van der Waals surface area contributed by atoms with E-state index < -0.39 is 0 Å². The predicted molar refractivity (Wildman–Crippen MR) is 119 cm³/mol. The Labute approximate surface area is 174 Å². The van der Waals surface area contributed by atoms with E-state index in [1.54, 1.807) is 18.5 Å². The summed E-state index contributed by atoms with van der Waals surface area (Å²) >= 11 is 0. The normalized spacial score (nSPS) is 14.3. The zero-order chi connectivity index (χ0) is 20.5. The molecule has 0 radical (unpaired) electrons. The third kappa shape index (κ3) is 3.24. The second-order valence-corrected chi connectivity index (χ2v) is 7.76. The number of pyridine rings is 2. The van der Waals surface area contributed by atoms with Crippen LogP contribution in [0.4, 0.5) is 17.3 Å². The first-order chi connectivity index (χ1) is 14.7. The summed E-state index contributed by atoms with van der Waals surface area (Å²) in [5.74, 6) is 0.539. The summed E-state index contributed by atoms with van der Waals surface area (Å²) in [5.41, 5.74) is 3.51. The van der Waals surface area contributed by atoms with Crippen LogP contribution in [0.5, 0.6) is 0 Å². The standard InChI is InChI=1S/C24H23N5O/c1-17-15-22(30)29(19-9-5-6-10-19)23-21(17)16-26-24(27-23)28(18-7-3-2-4-8-18)20-11-13-25-14-12-20/h2-4,7-8,11-16,19H,5-6,9-10H2,1H3. The smallest absolute Gasteiger partial charge is 0.252 e. The van der Waals surface area contributed by atoms with Gasteiger partial charge in [0.05, 0.1) is 5.69 Å². The van der Waals surface area contributed by atoms with E-state index in [1.807, 2.05) is 65.1 Å². The van der Waals surface area contributed by atoms with Gasteiger partial charge in [-0.05, 0) is 49.6 Å². The van der Waals surface area contributed by atoms with E-state index in [-0.39, 0.29) is 11.6 Å². The van der Waals surface area contributed by atoms with Crippen molar-refractivity contribution in [3.05, 3.63) is 83.0 Å². The molecule has 0 bridgehead atoms. The number of fused-ring (bicyclic) bond motifs is 1. The van der Waals surface area contributed by atoms with Crippen LogP contribution in [0.1, 0.15) is 37.3 Å². The molecule has 1 aliphatic rings. The Morgan fingerprint density at radius 1 is 1.00 bits per heavy atom. The van der Waals surface area contributed by atoms with E-state index in [2.05, 4.69) is 4.98 Å². The topological polar surface area (TPSA) is 63.9 Å². The fourth-order valence-electron chi connectivity index (χ4n) is 4.34. The van der Waals surface area contributed by atoms with Gasteiger partial charge in [-0.3, -0.25) is 19.2 Å². The lowest BCUT2D eigenvalue weighted by Crippen LogP contribution is -2.25. The Bertz CT molecular complexity index is 1190. The van der Waals surface area contributed by atoms with Crippen molar-refractivity contribution in [2.75, 3.05) is 4.90 Å². The number of para-hydroxylation sites is 1. The molecule has 0 aliphatic heterocycles. The molecule has 0 amide bonds. The molecule has 0 atom stereocenters. The second-order valence-electron chi connectivity index (χ2n) is 7.76. The number of hydrogen-bond acceptors (Lipinski definition) is 5. The lowest BCUT2D eigenvalue weighted by molar-refractivity contribution is 0.515. The molecule has 1 saturated carbocycles. The highest BCUT2D eigenvalue weighted by atomic mass is 16.1. The average Bonchev–Trinajstić information content (AvgIpc) is 3.30. The first-order valence-electron chi connectivity index (χ1n) is 10.4. The first kappa shape index (κ1) is 18.5. The fourth-order valence-corrected chi connectivity index (χ4v) is 4.34. The van der Waals surface area contributed by atoms with Crippen LogP contribution in [0.3, 0.4) is 0 Å². The highest BCUT2D eigenvalue weighted by Gasteiger charge is 2.23. The molecule has 0 N–H and O–H groups in total. The van der Waals surface area contributed by atoms with Gasteiger partial charge in [0.15, 0.2) is 0 Å². The number of aryl methyl sites for hydroxylation is 1. The Kier molecular flexibility index (Phi) is 4.75. The van der Waals surface area contributed by atoms with Crippen molar-refractivity contribution in [2.24, 2.45) is 0 Å². The maximum absolute atomic E-state index is 12.9. The molecule has 0 spiro atoms. The van der Waals surface area contributed by atoms with Crippen LogP contribution < -0.4 is 10.5 Å². The number of nitrogens with zero attached hydrogens (tertiary/aromatic N) is 5. The maximum atomic E-state index is 12.9. The highest BCUT2D eigenvalue weighted by molar-refractivity contribution is 5.81. The summed E-state index contributed by atoms with van der Waals surface area (Å²) in [6.45, 7) is 1.95. The third-order valence-electron chi connectivity index (χ3n) is 5.81. The van der Waals surface area contributed by atoms with Crippen molar-refractivity contribution in [1.29, 1.82) is 0 Å². The Morgan fingerprint density at radius 2 is 1.70 bits per heavy atom. The van der Waals surface area contributed by atoms with Gasteiger partial charge in [-0.25, -0.2) is 4.98 Å². The number of aromatic nitrogens is 4. The van der Waals surface area contributed by atoms with Crippen molar-refractivity contribution < 1.29 is 0 Å². The largest absolute Gasteiger partial charge is 0.289 e. The Morgan fingerprint density at radius 3 is 2.43 bits per heavy atom. The van der Waals surface area contributed by atoms with Gasteiger partial charge in [0.25, 0.3) is 5.56 Å².